The smallest absolute Gasteiger partial charge is 0.255 e. The molecule has 7 nitrogen and oxygen atoms in total. The Hall–Kier alpha value is -3.23. The maximum Gasteiger partial charge on any atom is 0.255 e. The summed E-state index contributed by atoms with van der Waals surface area (Å²) >= 11 is 0. The van der Waals surface area contributed by atoms with Crippen molar-refractivity contribution in [1.82, 2.24) is 14.8 Å². The number of anilines is 2. The van der Waals surface area contributed by atoms with Gasteiger partial charge in [0.1, 0.15) is 6.61 Å². The second-order valence-electron chi connectivity index (χ2n) is 8.71. The first-order valence-electron chi connectivity index (χ1n) is 10.7. The SMILES string of the molecule is CC1CN(C(=O)c2cnc3c(c2)OCCN3c2ccc3c(c2)CN(C)C3=O)CCC1(F)F. The van der Waals surface area contributed by atoms with Crippen LogP contribution in [0, 0.1) is 5.92 Å². The molecule has 0 radical (unpaired) electrons. The lowest BCUT2D eigenvalue weighted by Crippen LogP contribution is -2.48. The van der Waals surface area contributed by atoms with Crippen LogP contribution in [-0.2, 0) is 6.54 Å². The van der Waals surface area contributed by atoms with Gasteiger partial charge in [-0.05, 0) is 29.8 Å². The number of piperidine rings is 1. The number of ether oxygens (including phenoxy) is 1. The number of pyridine rings is 1. The lowest BCUT2D eigenvalue weighted by atomic mass is 9.95. The van der Waals surface area contributed by atoms with Gasteiger partial charge < -0.3 is 19.4 Å². The van der Waals surface area contributed by atoms with Gasteiger partial charge in [-0.25, -0.2) is 13.8 Å². The van der Waals surface area contributed by atoms with Crippen LogP contribution >= 0.6 is 0 Å². The Kier molecular flexibility index (Phi) is 4.79. The van der Waals surface area contributed by atoms with E-state index in [1.807, 2.05) is 23.1 Å². The van der Waals surface area contributed by atoms with E-state index in [0.717, 1.165) is 11.3 Å². The van der Waals surface area contributed by atoms with Crippen molar-refractivity contribution in [3.05, 3.63) is 47.2 Å². The highest BCUT2D eigenvalue weighted by atomic mass is 19.3. The minimum absolute atomic E-state index is 0.0121. The molecule has 1 atom stereocenters. The highest BCUT2D eigenvalue weighted by Gasteiger charge is 2.42. The summed E-state index contributed by atoms with van der Waals surface area (Å²) in [6, 6.07) is 7.35. The van der Waals surface area contributed by atoms with Crippen LogP contribution in [0.5, 0.6) is 5.75 Å². The number of hydrogen-bond acceptors (Lipinski definition) is 5. The lowest BCUT2D eigenvalue weighted by Gasteiger charge is -2.37. The van der Waals surface area contributed by atoms with Crippen molar-refractivity contribution in [3.8, 4) is 5.75 Å². The number of halogens is 2. The normalized spacial score (nSPS) is 21.8. The Morgan fingerprint density at radius 1 is 1.25 bits per heavy atom. The van der Waals surface area contributed by atoms with E-state index in [4.69, 9.17) is 4.74 Å². The summed E-state index contributed by atoms with van der Waals surface area (Å²) in [5, 5.41) is 0. The predicted molar refractivity (Wildman–Crippen MR) is 114 cm³/mol. The van der Waals surface area contributed by atoms with Gasteiger partial charge in [0.2, 0.25) is 0 Å². The topological polar surface area (TPSA) is 66.0 Å². The van der Waals surface area contributed by atoms with Crippen LogP contribution in [0.15, 0.2) is 30.5 Å². The second-order valence-corrected chi connectivity index (χ2v) is 8.71. The van der Waals surface area contributed by atoms with Crippen molar-refractivity contribution in [2.24, 2.45) is 5.92 Å². The molecule has 1 fully saturated rings. The number of amides is 2. The molecule has 0 spiro atoms. The van der Waals surface area contributed by atoms with E-state index >= 15 is 0 Å². The van der Waals surface area contributed by atoms with Crippen LogP contribution in [0.3, 0.4) is 0 Å². The van der Waals surface area contributed by atoms with E-state index in [2.05, 4.69) is 4.98 Å². The monoisotopic (exact) mass is 442 g/mol. The fraction of sp³-hybridized carbons (Fsp3) is 0.435. The summed E-state index contributed by atoms with van der Waals surface area (Å²) in [5.74, 6) is -2.87. The van der Waals surface area contributed by atoms with E-state index in [9.17, 15) is 18.4 Å². The Bertz CT molecular complexity index is 1110. The molecular weight excluding hydrogens is 418 g/mol. The molecule has 0 saturated carbocycles. The van der Waals surface area contributed by atoms with Gasteiger partial charge in [0, 0.05) is 56.5 Å². The van der Waals surface area contributed by atoms with Gasteiger partial charge in [-0.1, -0.05) is 6.92 Å². The number of benzene rings is 1. The van der Waals surface area contributed by atoms with E-state index in [-0.39, 0.29) is 31.3 Å². The predicted octanol–water partition coefficient (Wildman–Crippen LogP) is 3.32. The summed E-state index contributed by atoms with van der Waals surface area (Å²) in [5.41, 5.74) is 2.89. The number of rotatable bonds is 2. The van der Waals surface area contributed by atoms with Gasteiger partial charge in [0.05, 0.1) is 12.1 Å². The van der Waals surface area contributed by atoms with Crippen LogP contribution in [0.25, 0.3) is 0 Å². The molecular formula is C23H24F2N4O3. The maximum atomic E-state index is 13.8. The fourth-order valence-electron chi connectivity index (χ4n) is 4.54. The molecule has 3 aliphatic rings. The van der Waals surface area contributed by atoms with Gasteiger partial charge in [0.25, 0.3) is 17.7 Å². The number of carbonyl (C=O) groups excluding carboxylic acids is 2. The zero-order chi connectivity index (χ0) is 22.6. The summed E-state index contributed by atoms with van der Waals surface area (Å²) in [6.07, 6.45) is 1.14. The third-order valence-corrected chi connectivity index (χ3v) is 6.51. The first-order valence-corrected chi connectivity index (χ1v) is 10.7. The molecule has 168 valence electrons. The molecule has 1 aromatic heterocycles. The zero-order valence-electron chi connectivity index (χ0n) is 18.0. The lowest BCUT2D eigenvalue weighted by molar-refractivity contribution is -0.0921. The van der Waals surface area contributed by atoms with Gasteiger partial charge in [-0.2, -0.15) is 0 Å². The minimum atomic E-state index is -2.75. The highest BCUT2D eigenvalue weighted by molar-refractivity contribution is 5.99. The largest absolute Gasteiger partial charge is 0.488 e. The van der Waals surface area contributed by atoms with Crippen molar-refractivity contribution in [2.45, 2.75) is 25.8 Å². The third-order valence-electron chi connectivity index (χ3n) is 6.51. The van der Waals surface area contributed by atoms with E-state index in [0.29, 0.717) is 42.4 Å². The summed E-state index contributed by atoms with van der Waals surface area (Å²) in [4.78, 5) is 34.7. The molecule has 1 aromatic carbocycles. The van der Waals surface area contributed by atoms with Crippen LogP contribution in [0.4, 0.5) is 20.3 Å². The number of carbonyl (C=O) groups is 2. The zero-order valence-corrected chi connectivity index (χ0v) is 18.0. The molecule has 0 aliphatic carbocycles. The fourth-order valence-corrected chi connectivity index (χ4v) is 4.54. The molecule has 1 unspecified atom stereocenters. The molecule has 9 heteroatoms. The van der Waals surface area contributed by atoms with Crippen LogP contribution in [0.2, 0.25) is 0 Å². The summed E-state index contributed by atoms with van der Waals surface area (Å²) in [6.45, 7) is 3.05. The number of aromatic nitrogens is 1. The van der Waals surface area contributed by atoms with E-state index in [1.165, 1.54) is 18.0 Å². The molecule has 32 heavy (non-hydrogen) atoms. The Labute approximate surface area is 184 Å². The van der Waals surface area contributed by atoms with Crippen molar-refractivity contribution in [3.63, 3.8) is 0 Å². The quantitative estimate of drug-likeness (QED) is 0.714. The van der Waals surface area contributed by atoms with Crippen molar-refractivity contribution in [2.75, 3.05) is 38.2 Å². The standard InChI is InChI=1S/C23H24F2N4O3/c1-14-12-28(6-5-23(14,24)25)21(30)15-10-19-20(26-11-15)29(7-8-32-19)17-3-4-18-16(9-17)13-27(2)22(18)31/h3-4,9-11,14H,5-8,12-13H2,1-2H3. The molecule has 3 aliphatic heterocycles. The summed E-state index contributed by atoms with van der Waals surface area (Å²) < 4.78 is 33.4. The van der Waals surface area contributed by atoms with Crippen molar-refractivity contribution in [1.29, 1.82) is 0 Å². The Morgan fingerprint density at radius 2 is 2.06 bits per heavy atom. The first-order chi connectivity index (χ1) is 15.2. The first kappa shape index (κ1) is 20.7. The maximum absolute atomic E-state index is 13.8. The number of nitrogens with zero attached hydrogens (tertiary/aromatic N) is 4. The highest BCUT2D eigenvalue weighted by Crippen LogP contribution is 2.38. The van der Waals surface area contributed by atoms with Gasteiger partial charge in [0.15, 0.2) is 11.6 Å². The summed E-state index contributed by atoms with van der Waals surface area (Å²) in [7, 11) is 1.77. The second kappa shape index (κ2) is 7.43. The Balaban J connectivity index is 1.40. The van der Waals surface area contributed by atoms with Crippen molar-refractivity contribution < 1.29 is 23.1 Å². The molecule has 2 amide bonds. The van der Waals surface area contributed by atoms with Gasteiger partial charge in [-0.3, -0.25) is 9.59 Å². The van der Waals surface area contributed by atoms with Crippen LogP contribution in [-0.4, -0.2) is 65.8 Å². The Morgan fingerprint density at radius 3 is 2.84 bits per heavy atom. The average molecular weight is 442 g/mol. The molecule has 1 saturated heterocycles. The van der Waals surface area contributed by atoms with Crippen molar-refractivity contribution >= 4 is 23.3 Å². The van der Waals surface area contributed by atoms with E-state index < -0.39 is 11.8 Å². The number of fused-ring (bicyclic) bond motifs is 2. The third kappa shape index (κ3) is 3.36. The average Bonchev–Trinajstić information content (AvgIpc) is 3.07. The minimum Gasteiger partial charge on any atom is -0.488 e. The molecule has 2 aromatic rings. The van der Waals surface area contributed by atoms with Crippen LogP contribution in [0.1, 0.15) is 39.6 Å². The van der Waals surface area contributed by atoms with Crippen LogP contribution < -0.4 is 9.64 Å². The van der Waals surface area contributed by atoms with Gasteiger partial charge in [-0.15, -0.1) is 0 Å². The van der Waals surface area contributed by atoms with Gasteiger partial charge >= 0.3 is 0 Å². The van der Waals surface area contributed by atoms with E-state index in [1.54, 1.807) is 18.0 Å². The molecule has 0 bridgehead atoms. The number of likely N-dealkylation sites (tertiary alicyclic amines) is 1. The number of alkyl halides is 2. The molecule has 4 heterocycles. The molecule has 0 N–H and O–H groups in total. The molecule has 5 rings (SSSR count). The number of hydrogen-bond donors (Lipinski definition) is 0.